The highest BCUT2D eigenvalue weighted by atomic mass is 16.2. The number of hydrogen-bond donors (Lipinski definition) is 1. The first-order valence-corrected chi connectivity index (χ1v) is 8.70. The molecule has 0 heterocycles. The summed E-state index contributed by atoms with van der Waals surface area (Å²) in [6.45, 7) is 4.52. The van der Waals surface area contributed by atoms with Crippen molar-refractivity contribution in [2.24, 2.45) is 0 Å². The van der Waals surface area contributed by atoms with Gasteiger partial charge in [0, 0.05) is 11.7 Å². The van der Waals surface area contributed by atoms with Crippen LogP contribution >= 0.6 is 0 Å². The largest absolute Gasteiger partial charge is 0.325 e. The molecule has 0 fully saturated rings. The van der Waals surface area contributed by atoms with E-state index in [2.05, 4.69) is 54.5 Å². The van der Waals surface area contributed by atoms with Gasteiger partial charge in [-0.05, 0) is 68.5 Å². The minimum atomic E-state index is 0.0502. The molecule has 2 aromatic carbocycles. The van der Waals surface area contributed by atoms with Crippen molar-refractivity contribution < 1.29 is 4.79 Å². The maximum Gasteiger partial charge on any atom is 0.238 e. The molecule has 1 aliphatic rings. The first-order valence-electron chi connectivity index (χ1n) is 8.70. The number of nitrogens with one attached hydrogen (secondary N) is 1. The summed E-state index contributed by atoms with van der Waals surface area (Å²) in [5.41, 5.74) is 6.05. The van der Waals surface area contributed by atoms with Gasteiger partial charge in [-0.3, -0.25) is 9.69 Å². The van der Waals surface area contributed by atoms with Gasteiger partial charge in [0.1, 0.15) is 0 Å². The van der Waals surface area contributed by atoms with Crippen LogP contribution in [0.1, 0.15) is 41.1 Å². The molecule has 3 nitrogen and oxygen atoms in total. The van der Waals surface area contributed by atoms with Crippen LogP contribution in [0, 0.1) is 13.8 Å². The Balaban J connectivity index is 1.68. The molecule has 0 radical (unpaired) electrons. The van der Waals surface area contributed by atoms with Crippen LogP contribution in [0.15, 0.2) is 42.5 Å². The van der Waals surface area contributed by atoms with Crippen molar-refractivity contribution in [2.75, 3.05) is 18.9 Å². The number of carbonyl (C=O) groups excluding carboxylic acids is 1. The van der Waals surface area contributed by atoms with E-state index in [9.17, 15) is 4.79 Å². The van der Waals surface area contributed by atoms with Crippen molar-refractivity contribution in [3.63, 3.8) is 0 Å². The first kappa shape index (κ1) is 16.7. The molecule has 1 aliphatic carbocycles. The van der Waals surface area contributed by atoms with Crippen LogP contribution in [0.5, 0.6) is 0 Å². The molecule has 0 aliphatic heterocycles. The van der Waals surface area contributed by atoms with E-state index >= 15 is 0 Å². The number of benzene rings is 2. The molecule has 1 atom stereocenters. The van der Waals surface area contributed by atoms with Gasteiger partial charge in [0.15, 0.2) is 0 Å². The average molecular weight is 322 g/mol. The van der Waals surface area contributed by atoms with Gasteiger partial charge in [-0.15, -0.1) is 0 Å². The van der Waals surface area contributed by atoms with Gasteiger partial charge in [-0.2, -0.15) is 0 Å². The maximum absolute atomic E-state index is 12.5. The van der Waals surface area contributed by atoms with Crippen LogP contribution in [0.2, 0.25) is 0 Å². The molecular formula is C21H26N2O. The van der Waals surface area contributed by atoms with Crippen LogP contribution < -0.4 is 5.32 Å². The van der Waals surface area contributed by atoms with E-state index < -0.39 is 0 Å². The Labute approximate surface area is 144 Å². The molecule has 2 aromatic rings. The van der Waals surface area contributed by atoms with E-state index in [4.69, 9.17) is 0 Å². The fraction of sp³-hybridized carbons (Fsp3) is 0.381. The predicted molar refractivity (Wildman–Crippen MR) is 99.3 cm³/mol. The zero-order chi connectivity index (χ0) is 17.1. The highest BCUT2D eigenvalue weighted by Crippen LogP contribution is 2.33. The fourth-order valence-corrected chi connectivity index (χ4v) is 3.60. The second-order valence-corrected chi connectivity index (χ2v) is 6.82. The normalized spacial score (nSPS) is 16.8. The Hall–Kier alpha value is -2.13. The van der Waals surface area contributed by atoms with Gasteiger partial charge in [0.05, 0.1) is 6.54 Å². The quantitative estimate of drug-likeness (QED) is 0.912. The predicted octanol–water partition coefficient (Wildman–Crippen LogP) is 4.25. The van der Waals surface area contributed by atoms with Gasteiger partial charge in [-0.1, -0.05) is 36.4 Å². The van der Waals surface area contributed by atoms with E-state index in [1.807, 2.05) is 19.1 Å². The molecule has 3 rings (SSSR count). The summed E-state index contributed by atoms with van der Waals surface area (Å²) < 4.78 is 0. The molecule has 0 bridgehead atoms. The molecule has 1 amide bonds. The van der Waals surface area contributed by atoms with Crippen LogP contribution in [-0.4, -0.2) is 24.4 Å². The van der Waals surface area contributed by atoms with E-state index in [0.29, 0.717) is 12.6 Å². The van der Waals surface area contributed by atoms with Crippen molar-refractivity contribution in [3.8, 4) is 0 Å². The number of hydrogen-bond acceptors (Lipinski definition) is 2. The number of fused-ring (bicyclic) bond motifs is 1. The Morgan fingerprint density at radius 2 is 1.96 bits per heavy atom. The SMILES string of the molecule is Cc1cccc(NC(=O)CN(C)[C@H]2CCCc3ccccc32)c1C. The van der Waals surface area contributed by atoms with Crippen LogP contribution in [0.3, 0.4) is 0 Å². The van der Waals surface area contributed by atoms with Crippen molar-refractivity contribution in [3.05, 3.63) is 64.7 Å². The Morgan fingerprint density at radius 3 is 2.79 bits per heavy atom. The first-order chi connectivity index (χ1) is 11.6. The third-order valence-corrected chi connectivity index (χ3v) is 5.14. The number of carbonyl (C=O) groups is 1. The Kier molecular flexibility index (Phi) is 5.00. The van der Waals surface area contributed by atoms with Crippen molar-refractivity contribution >= 4 is 11.6 Å². The van der Waals surface area contributed by atoms with E-state index in [-0.39, 0.29) is 5.91 Å². The molecular weight excluding hydrogens is 296 g/mol. The summed E-state index contributed by atoms with van der Waals surface area (Å²) in [7, 11) is 2.05. The third-order valence-electron chi connectivity index (χ3n) is 5.14. The lowest BCUT2D eigenvalue weighted by molar-refractivity contribution is -0.117. The topological polar surface area (TPSA) is 32.3 Å². The van der Waals surface area contributed by atoms with Gasteiger partial charge >= 0.3 is 0 Å². The lowest BCUT2D eigenvalue weighted by Crippen LogP contribution is -2.35. The van der Waals surface area contributed by atoms with E-state index in [1.54, 1.807) is 0 Å². The number of likely N-dealkylation sites (N-methyl/N-ethyl adjacent to an activating group) is 1. The second kappa shape index (κ2) is 7.18. The minimum Gasteiger partial charge on any atom is -0.325 e. The zero-order valence-corrected chi connectivity index (χ0v) is 14.8. The molecule has 0 aromatic heterocycles. The lowest BCUT2D eigenvalue weighted by Gasteiger charge is -2.33. The average Bonchev–Trinajstić information content (AvgIpc) is 2.58. The summed E-state index contributed by atoms with van der Waals surface area (Å²) in [5, 5.41) is 3.06. The van der Waals surface area contributed by atoms with E-state index in [0.717, 1.165) is 24.1 Å². The summed E-state index contributed by atoms with van der Waals surface area (Å²) in [6.07, 6.45) is 3.45. The number of anilines is 1. The summed E-state index contributed by atoms with van der Waals surface area (Å²) >= 11 is 0. The van der Waals surface area contributed by atoms with Crippen LogP contribution in [-0.2, 0) is 11.2 Å². The molecule has 1 N–H and O–H groups in total. The second-order valence-electron chi connectivity index (χ2n) is 6.82. The summed E-state index contributed by atoms with van der Waals surface area (Å²) in [4.78, 5) is 14.7. The van der Waals surface area contributed by atoms with Gasteiger partial charge < -0.3 is 5.32 Å². The monoisotopic (exact) mass is 322 g/mol. The zero-order valence-electron chi connectivity index (χ0n) is 14.8. The van der Waals surface area contributed by atoms with Crippen LogP contribution in [0.25, 0.3) is 0 Å². The van der Waals surface area contributed by atoms with Gasteiger partial charge in [0.25, 0.3) is 0 Å². The van der Waals surface area contributed by atoms with Crippen molar-refractivity contribution in [1.82, 2.24) is 4.90 Å². The molecule has 0 saturated heterocycles. The molecule has 0 spiro atoms. The summed E-state index contributed by atoms with van der Waals surface area (Å²) in [5.74, 6) is 0.0502. The highest BCUT2D eigenvalue weighted by molar-refractivity contribution is 5.93. The molecule has 3 heteroatoms. The lowest BCUT2D eigenvalue weighted by atomic mass is 9.87. The highest BCUT2D eigenvalue weighted by Gasteiger charge is 2.24. The summed E-state index contributed by atoms with van der Waals surface area (Å²) in [6, 6.07) is 15.0. The number of nitrogens with zero attached hydrogens (tertiary/aromatic N) is 1. The van der Waals surface area contributed by atoms with Gasteiger partial charge in [-0.25, -0.2) is 0 Å². The fourth-order valence-electron chi connectivity index (χ4n) is 3.60. The maximum atomic E-state index is 12.5. The van der Waals surface area contributed by atoms with Gasteiger partial charge in [0.2, 0.25) is 5.91 Å². The third kappa shape index (κ3) is 3.51. The molecule has 126 valence electrons. The minimum absolute atomic E-state index is 0.0502. The number of amides is 1. The van der Waals surface area contributed by atoms with E-state index in [1.165, 1.54) is 23.1 Å². The Bertz CT molecular complexity index is 738. The van der Waals surface area contributed by atoms with Crippen LogP contribution in [0.4, 0.5) is 5.69 Å². The smallest absolute Gasteiger partial charge is 0.238 e. The molecule has 0 saturated carbocycles. The standard InChI is InChI=1S/C21H26N2O/c1-15-8-6-12-19(16(15)2)22-21(24)14-23(3)20-13-7-10-17-9-4-5-11-18(17)20/h4-6,8-9,11-12,20H,7,10,13-14H2,1-3H3,(H,22,24)/t20-/m0/s1. The van der Waals surface area contributed by atoms with Crippen molar-refractivity contribution in [2.45, 2.75) is 39.2 Å². The number of rotatable bonds is 4. The Morgan fingerprint density at radius 1 is 1.17 bits per heavy atom. The van der Waals surface area contributed by atoms with Crippen molar-refractivity contribution in [1.29, 1.82) is 0 Å². The number of aryl methyl sites for hydroxylation is 2. The molecule has 24 heavy (non-hydrogen) atoms. The molecule has 0 unspecified atom stereocenters.